The summed E-state index contributed by atoms with van der Waals surface area (Å²) in [6.45, 7) is 0.481. The molecule has 32 heavy (non-hydrogen) atoms. The van der Waals surface area contributed by atoms with Crippen molar-refractivity contribution < 1.29 is 24.6 Å². The van der Waals surface area contributed by atoms with Gasteiger partial charge in [0.15, 0.2) is 0 Å². The lowest BCUT2D eigenvalue weighted by molar-refractivity contribution is -0.131. The van der Waals surface area contributed by atoms with E-state index in [4.69, 9.17) is 10.2 Å². The minimum atomic E-state index is -1.24. The van der Waals surface area contributed by atoms with E-state index in [2.05, 4.69) is 10.3 Å². The van der Waals surface area contributed by atoms with Crippen LogP contribution in [0.15, 0.2) is 59.4 Å². The summed E-state index contributed by atoms with van der Waals surface area (Å²) in [5, 5.41) is 20.6. The fourth-order valence-corrected chi connectivity index (χ4v) is 3.49. The number of aromatic nitrogens is 2. The van der Waals surface area contributed by atoms with E-state index >= 15 is 0 Å². The molecular formula is C23H17N3O6. The van der Waals surface area contributed by atoms with Gasteiger partial charge in [-0.05, 0) is 54.0 Å². The first kappa shape index (κ1) is 20.7. The van der Waals surface area contributed by atoms with Gasteiger partial charge in [-0.3, -0.25) is 14.2 Å². The summed E-state index contributed by atoms with van der Waals surface area (Å²) in [5.41, 5.74) is 2.40. The summed E-state index contributed by atoms with van der Waals surface area (Å²) in [6, 6.07) is 11.1. The number of hydrogen-bond donors (Lipinski definition) is 3. The lowest BCUT2D eigenvalue weighted by Gasteiger charge is -2.08. The van der Waals surface area contributed by atoms with Crippen LogP contribution in [-0.4, -0.2) is 37.6 Å². The highest BCUT2D eigenvalue weighted by molar-refractivity contribution is 6.03. The van der Waals surface area contributed by atoms with Gasteiger partial charge in [-0.15, -0.1) is 0 Å². The Balaban J connectivity index is 1.69. The Hall–Kier alpha value is -4.53. The maximum atomic E-state index is 12.9. The molecule has 0 saturated heterocycles. The number of aliphatic carboxylic acids is 1. The largest absolute Gasteiger partial charge is 0.478 e. The SMILES string of the molecule is O=C(O)/C=C\C(=O)Nc1ccc2c(=O)n3c(nc2c1)/C(=C/c1ccc(C(=O)O)cc1)CC3. The van der Waals surface area contributed by atoms with Crippen molar-refractivity contribution in [3.05, 3.63) is 81.9 Å². The summed E-state index contributed by atoms with van der Waals surface area (Å²) in [4.78, 5) is 50.9. The molecule has 9 heteroatoms. The van der Waals surface area contributed by atoms with Crippen molar-refractivity contribution in [2.45, 2.75) is 13.0 Å². The molecule has 2 aromatic carbocycles. The van der Waals surface area contributed by atoms with Gasteiger partial charge in [0.1, 0.15) is 5.82 Å². The second-order valence-electron chi connectivity index (χ2n) is 7.13. The molecule has 0 fully saturated rings. The van der Waals surface area contributed by atoms with Gasteiger partial charge in [0.05, 0.1) is 16.5 Å². The highest BCUT2D eigenvalue weighted by Gasteiger charge is 2.21. The van der Waals surface area contributed by atoms with Crippen LogP contribution < -0.4 is 10.9 Å². The number of nitrogens with zero attached hydrogens (tertiary/aromatic N) is 2. The number of aromatic carboxylic acids is 1. The number of carbonyl (C=O) groups is 3. The van der Waals surface area contributed by atoms with Crippen LogP contribution in [0.4, 0.5) is 5.69 Å². The maximum absolute atomic E-state index is 12.9. The van der Waals surface area contributed by atoms with Crippen LogP contribution in [0.25, 0.3) is 22.6 Å². The van der Waals surface area contributed by atoms with Crippen molar-refractivity contribution in [3.63, 3.8) is 0 Å². The number of hydrogen-bond acceptors (Lipinski definition) is 5. The molecule has 0 atom stereocenters. The summed E-state index contributed by atoms with van der Waals surface area (Å²) < 4.78 is 1.59. The van der Waals surface area contributed by atoms with Gasteiger partial charge < -0.3 is 15.5 Å². The van der Waals surface area contributed by atoms with Gasteiger partial charge in [0.25, 0.3) is 5.56 Å². The Kier molecular flexibility index (Phi) is 5.38. The minimum Gasteiger partial charge on any atom is -0.478 e. The Morgan fingerprint density at radius 1 is 1.03 bits per heavy atom. The van der Waals surface area contributed by atoms with E-state index in [0.717, 1.165) is 23.3 Å². The highest BCUT2D eigenvalue weighted by Crippen LogP contribution is 2.28. The highest BCUT2D eigenvalue weighted by atomic mass is 16.4. The fraction of sp³-hybridized carbons (Fsp3) is 0.0870. The molecule has 1 aromatic heterocycles. The quantitative estimate of drug-likeness (QED) is 0.528. The van der Waals surface area contributed by atoms with Crippen LogP contribution in [0, 0.1) is 0 Å². The summed E-state index contributed by atoms with van der Waals surface area (Å²) >= 11 is 0. The predicted molar refractivity (Wildman–Crippen MR) is 117 cm³/mol. The molecule has 9 nitrogen and oxygen atoms in total. The van der Waals surface area contributed by atoms with Crippen LogP contribution in [-0.2, 0) is 16.1 Å². The smallest absolute Gasteiger partial charge is 0.335 e. The van der Waals surface area contributed by atoms with Gasteiger partial charge >= 0.3 is 11.9 Å². The number of amides is 1. The molecule has 0 saturated carbocycles. The van der Waals surface area contributed by atoms with E-state index in [9.17, 15) is 19.2 Å². The van der Waals surface area contributed by atoms with Crippen LogP contribution in [0.1, 0.15) is 28.2 Å². The molecule has 1 amide bonds. The summed E-state index contributed by atoms with van der Waals surface area (Å²) in [6.07, 6.45) is 4.09. The lowest BCUT2D eigenvalue weighted by Crippen LogP contribution is -2.21. The van der Waals surface area contributed by atoms with E-state index < -0.39 is 17.8 Å². The maximum Gasteiger partial charge on any atom is 0.335 e. The van der Waals surface area contributed by atoms with Gasteiger partial charge in [-0.1, -0.05) is 12.1 Å². The van der Waals surface area contributed by atoms with E-state index in [1.807, 2.05) is 6.08 Å². The average Bonchev–Trinajstić information content (AvgIpc) is 3.15. The van der Waals surface area contributed by atoms with Gasteiger partial charge in [0.2, 0.25) is 5.91 Å². The number of nitrogens with one attached hydrogen (secondary N) is 1. The molecule has 160 valence electrons. The van der Waals surface area contributed by atoms with Crippen LogP contribution >= 0.6 is 0 Å². The third kappa shape index (κ3) is 4.17. The molecule has 1 aliphatic heterocycles. The van der Waals surface area contributed by atoms with Crippen molar-refractivity contribution in [1.82, 2.24) is 9.55 Å². The number of carbonyl (C=O) groups excluding carboxylic acids is 1. The van der Waals surface area contributed by atoms with Gasteiger partial charge in [-0.25, -0.2) is 14.6 Å². The van der Waals surface area contributed by atoms with E-state index in [1.54, 1.807) is 34.9 Å². The zero-order valence-electron chi connectivity index (χ0n) is 16.6. The second-order valence-corrected chi connectivity index (χ2v) is 7.13. The van der Waals surface area contributed by atoms with Crippen LogP contribution in [0.2, 0.25) is 0 Å². The third-order valence-corrected chi connectivity index (χ3v) is 4.99. The molecular weight excluding hydrogens is 414 g/mol. The molecule has 1 aliphatic rings. The second kappa shape index (κ2) is 8.31. The van der Waals surface area contributed by atoms with E-state index in [-0.39, 0.29) is 11.1 Å². The monoisotopic (exact) mass is 431 g/mol. The average molecular weight is 431 g/mol. The molecule has 0 spiro atoms. The first-order valence-electron chi connectivity index (χ1n) is 9.63. The van der Waals surface area contributed by atoms with Crippen LogP contribution in [0.3, 0.4) is 0 Å². The predicted octanol–water partition coefficient (Wildman–Crippen LogP) is 2.62. The Morgan fingerprint density at radius 2 is 1.78 bits per heavy atom. The molecule has 0 aliphatic carbocycles. The fourth-order valence-electron chi connectivity index (χ4n) is 3.49. The summed E-state index contributed by atoms with van der Waals surface area (Å²) in [7, 11) is 0. The van der Waals surface area contributed by atoms with Crippen LogP contribution in [0.5, 0.6) is 0 Å². The first-order valence-corrected chi connectivity index (χ1v) is 9.63. The number of rotatable bonds is 5. The van der Waals surface area contributed by atoms with E-state index in [0.29, 0.717) is 35.4 Å². The minimum absolute atomic E-state index is 0.187. The third-order valence-electron chi connectivity index (χ3n) is 4.99. The van der Waals surface area contributed by atoms with Gasteiger partial charge in [-0.2, -0.15) is 0 Å². The van der Waals surface area contributed by atoms with Crippen molar-refractivity contribution in [3.8, 4) is 0 Å². The Bertz CT molecular complexity index is 1380. The zero-order chi connectivity index (χ0) is 22.8. The number of carboxylic acid groups (broad SMARTS) is 2. The Labute approximate surface area is 181 Å². The van der Waals surface area contributed by atoms with Crippen molar-refractivity contribution in [2.24, 2.45) is 0 Å². The number of carboxylic acids is 2. The van der Waals surface area contributed by atoms with Gasteiger partial charge in [0, 0.05) is 24.4 Å². The molecule has 2 heterocycles. The standard InChI is InChI=1S/C23H17N3O6/c27-19(7-8-20(28)29)24-16-5-6-17-18(12-16)25-21-15(9-10-26(21)22(17)30)11-13-1-3-14(4-2-13)23(31)32/h1-8,11-12H,9-10H2,(H,24,27)(H,28,29)(H,31,32)/b8-7-,15-11+. The Morgan fingerprint density at radius 3 is 2.47 bits per heavy atom. The van der Waals surface area contributed by atoms with E-state index in [1.165, 1.54) is 12.1 Å². The molecule has 3 N–H and O–H groups in total. The van der Waals surface area contributed by atoms with Crippen molar-refractivity contribution in [1.29, 1.82) is 0 Å². The topological polar surface area (TPSA) is 139 Å². The lowest BCUT2D eigenvalue weighted by atomic mass is 10.1. The number of anilines is 1. The molecule has 0 radical (unpaired) electrons. The molecule has 0 unspecified atom stereocenters. The normalized spacial score (nSPS) is 14.1. The van der Waals surface area contributed by atoms with Crippen molar-refractivity contribution >= 4 is 46.1 Å². The van der Waals surface area contributed by atoms with Crippen molar-refractivity contribution in [2.75, 3.05) is 5.32 Å². The number of benzene rings is 2. The zero-order valence-corrected chi connectivity index (χ0v) is 16.6. The first-order chi connectivity index (χ1) is 15.3. The molecule has 0 bridgehead atoms. The number of allylic oxidation sites excluding steroid dienone is 1. The molecule has 3 aromatic rings. The summed E-state index contributed by atoms with van der Waals surface area (Å²) in [5.74, 6) is -2.34. The number of fused-ring (bicyclic) bond motifs is 2. The molecule has 4 rings (SSSR count).